The molecule has 3 aromatic carbocycles. The fourth-order valence-corrected chi connectivity index (χ4v) is 5.08. The number of carboxylic acid groups (broad SMARTS) is 1. The highest BCUT2D eigenvalue weighted by Crippen LogP contribution is 2.36. The molecule has 0 heterocycles. The van der Waals surface area contributed by atoms with Crippen molar-refractivity contribution in [2.24, 2.45) is 11.7 Å². The van der Waals surface area contributed by atoms with Crippen molar-refractivity contribution in [1.29, 1.82) is 0 Å². The van der Waals surface area contributed by atoms with Crippen molar-refractivity contribution < 1.29 is 14.7 Å². The zero-order valence-electron chi connectivity index (χ0n) is 20.0. The molecule has 1 amide bonds. The van der Waals surface area contributed by atoms with Crippen LogP contribution in [0.4, 0.5) is 0 Å². The van der Waals surface area contributed by atoms with Crippen LogP contribution in [0.2, 0.25) is 0 Å². The smallest absolute Gasteiger partial charge is 0.320 e. The molecule has 4 rings (SSSR count). The summed E-state index contributed by atoms with van der Waals surface area (Å²) in [4.78, 5) is 23.9. The topological polar surface area (TPSA) is 92.4 Å². The number of carboxylic acids is 1. The normalized spacial score (nSPS) is 15.8. The van der Waals surface area contributed by atoms with E-state index in [0.717, 1.165) is 5.56 Å². The van der Waals surface area contributed by atoms with E-state index in [2.05, 4.69) is 53.8 Å². The van der Waals surface area contributed by atoms with Gasteiger partial charge >= 0.3 is 5.97 Å². The van der Waals surface area contributed by atoms with Gasteiger partial charge in [-0.2, -0.15) is 0 Å². The number of hydrogen-bond donors (Lipinski definition) is 3. The Morgan fingerprint density at radius 1 is 0.857 bits per heavy atom. The second-order valence-corrected chi connectivity index (χ2v) is 9.55. The largest absolute Gasteiger partial charge is 0.480 e. The monoisotopic (exact) mass is 470 g/mol. The molecule has 0 aliphatic heterocycles. The highest BCUT2D eigenvalue weighted by atomic mass is 16.4. The summed E-state index contributed by atoms with van der Waals surface area (Å²) in [5.41, 5.74) is 10.7. The molecule has 0 unspecified atom stereocenters. The molecule has 3 aromatic rings. The maximum atomic E-state index is 12.9. The Hall–Kier alpha value is -3.44. The summed E-state index contributed by atoms with van der Waals surface area (Å²) in [6, 6.07) is 25.3. The van der Waals surface area contributed by atoms with E-state index in [1.165, 1.54) is 48.8 Å². The molecule has 1 fully saturated rings. The van der Waals surface area contributed by atoms with Crippen LogP contribution in [-0.4, -0.2) is 29.6 Å². The van der Waals surface area contributed by atoms with Crippen LogP contribution in [0.25, 0.3) is 11.1 Å². The zero-order chi connectivity index (χ0) is 24.6. The third-order valence-corrected chi connectivity index (χ3v) is 7.14. The van der Waals surface area contributed by atoms with Crippen molar-refractivity contribution in [3.63, 3.8) is 0 Å². The molecule has 2 atom stereocenters. The number of benzene rings is 3. The molecule has 35 heavy (non-hydrogen) atoms. The SMILES string of the molecule is N[C@@H](Cc1ccc(C(=O)NC[C@@H](c2ccc(-c3ccccc3)cc2)C2CCCCC2)cc1)C(=O)O. The second-order valence-electron chi connectivity index (χ2n) is 9.55. The first-order valence-corrected chi connectivity index (χ1v) is 12.5. The van der Waals surface area contributed by atoms with E-state index in [1.54, 1.807) is 24.3 Å². The average molecular weight is 471 g/mol. The number of nitrogens with two attached hydrogens (primary N) is 1. The summed E-state index contributed by atoms with van der Waals surface area (Å²) in [5, 5.41) is 12.2. The van der Waals surface area contributed by atoms with Gasteiger partial charge in [-0.25, -0.2) is 0 Å². The lowest BCUT2D eigenvalue weighted by Gasteiger charge is -2.31. The molecule has 0 bridgehead atoms. The molecular formula is C30H34N2O3. The fraction of sp³-hybridized carbons (Fsp3) is 0.333. The van der Waals surface area contributed by atoms with E-state index >= 15 is 0 Å². The summed E-state index contributed by atoms with van der Waals surface area (Å²) in [6.45, 7) is 0.597. The van der Waals surface area contributed by atoms with Crippen LogP contribution in [0.1, 0.15) is 59.5 Å². The van der Waals surface area contributed by atoms with Gasteiger partial charge < -0.3 is 16.2 Å². The van der Waals surface area contributed by atoms with Gasteiger partial charge in [-0.1, -0.05) is 86.0 Å². The number of amides is 1. The molecule has 0 saturated heterocycles. The molecular weight excluding hydrogens is 436 g/mol. The van der Waals surface area contributed by atoms with Gasteiger partial charge in [-0.05, 0) is 59.6 Å². The Morgan fingerprint density at radius 3 is 2.11 bits per heavy atom. The van der Waals surface area contributed by atoms with E-state index in [-0.39, 0.29) is 18.2 Å². The van der Waals surface area contributed by atoms with Crippen LogP contribution in [0.15, 0.2) is 78.9 Å². The molecule has 0 spiro atoms. The summed E-state index contributed by atoms with van der Waals surface area (Å²) < 4.78 is 0. The zero-order valence-corrected chi connectivity index (χ0v) is 20.0. The van der Waals surface area contributed by atoms with Gasteiger partial charge in [0, 0.05) is 18.0 Å². The van der Waals surface area contributed by atoms with Crippen molar-refractivity contribution in [1.82, 2.24) is 5.32 Å². The quantitative estimate of drug-likeness (QED) is 0.390. The van der Waals surface area contributed by atoms with E-state index in [4.69, 9.17) is 10.8 Å². The predicted molar refractivity (Wildman–Crippen MR) is 139 cm³/mol. The summed E-state index contributed by atoms with van der Waals surface area (Å²) in [6.07, 6.45) is 6.41. The minimum absolute atomic E-state index is 0.110. The Balaban J connectivity index is 1.44. The molecule has 1 aliphatic rings. The number of aliphatic carboxylic acids is 1. The third kappa shape index (κ3) is 6.58. The van der Waals surface area contributed by atoms with E-state index in [9.17, 15) is 9.59 Å². The fourth-order valence-electron chi connectivity index (χ4n) is 5.08. The Labute approximate surface area is 207 Å². The number of hydrogen-bond acceptors (Lipinski definition) is 3. The molecule has 0 radical (unpaired) electrons. The highest BCUT2D eigenvalue weighted by Gasteiger charge is 2.26. The van der Waals surface area contributed by atoms with Crippen molar-refractivity contribution in [2.45, 2.75) is 50.5 Å². The van der Waals surface area contributed by atoms with E-state index in [1.807, 2.05) is 6.07 Å². The molecule has 0 aromatic heterocycles. The predicted octanol–water partition coefficient (Wildman–Crippen LogP) is 5.40. The van der Waals surface area contributed by atoms with Crippen molar-refractivity contribution in [3.8, 4) is 11.1 Å². The van der Waals surface area contributed by atoms with Crippen molar-refractivity contribution in [3.05, 3.63) is 95.6 Å². The van der Waals surface area contributed by atoms with Crippen molar-refractivity contribution >= 4 is 11.9 Å². The van der Waals surface area contributed by atoms with Gasteiger partial charge in [0.15, 0.2) is 0 Å². The lowest BCUT2D eigenvalue weighted by molar-refractivity contribution is -0.138. The Kier molecular flexibility index (Phi) is 8.32. The van der Waals surface area contributed by atoms with E-state index < -0.39 is 12.0 Å². The minimum Gasteiger partial charge on any atom is -0.480 e. The summed E-state index contributed by atoms with van der Waals surface area (Å²) >= 11 is 0. The lowest BCUT2D eigenvalue weighted by Crippen LogP contribution is -2.33. The van der Waals surface area contributed by atoms with Crippen molar-refractivity contribution in [2.75, 3.05) is 6.54 Å². The molecule has 1 aliphatic carbocycles. The van der Waals surface area contributed by atoms with Gasteiger partial charge in [0.2, 0.25) is 0 Å². The maximum Gasteiger partial charge on any atom is 0.320 e. The Bertz CT molecular complexity index is 1100. The number of nitrogens with one attached hydrogen (secondary N) is 1. The van der Waals surface area contributed by atoms with Crippen LogP contribution in [0, 0.1) is 5.92 Å². The van der Waals surface area contributed by atoms with E-state index in [0.29, 0.717) is 18.0 Å². The summed E-state index contributed by atoms with van der Waals surface area (Å²) in [7, 11) is 0. The van der Waals surface area contributed by atoms with Gasteiger partial charge in [0.25, 0.3) is 5.91 Å². The lowest BCUT2D eigenvalue weighted by atomic mass is 9.76. The maximum absolute atomic E-state index is 12.9. The number of rotatable bonds is 9. The second kappa shape index (κ2) is 11.8. The van der Waals surface area contributed by atoms with Crippen LogP contribution in [0.5, 0.6) is 0 Å². The van der Waals surface area contributed by atoms with Crippen LogP contribution in [0.3, 0.4) is 0 Å². The summed E-state index contributed by atoms with van der Waals surface area (Å²) in [5.74, 6) is -0.304. The molecule has 1 saturated carbocycles. The first-order chi connectivity index (χ1) is 17.0. The highest BCUT2D eigenvalue weighted by molar-refractivity contribution is 5.94. The standard InChI is InChI=1S/C30H34N2O3/c31-28(30(34)35)19-21-11-13-26(14-12-21)29(33)32-20-27(24-9-5-2-6-10-24)25-17-15-23(16-18-25)22-7-3-1-4-8-22/h1,3-4,7-8,11-18,24,27-28H,2,5-6,9-10,19-20,31H2,(H,32,33)(H,34,35)/t27-,28+/m1/s1. The van der Waals surface area contributed by atoms with Crippen LogP contribution >= 0.6 is 0 Å². The molecule has 182 valence electrons. The van der Waals surface area contributed by atoms with Gasteiger partial charge in [-0.3, -0.25) is 9.59 Å². The number of carbonyl (C=O) groups excluding carboxylic acids is 1. The van der Waals surface area contributed by atoms with Crippen LogP contribution < -0.4 is 11.1 Å². The van der Waals surface area contributed by atoms with Gasteiger partial charge in [0.1, 0.15) is 6.04 Å². The van der Waals surface area contributed by atoms with Crippen LogP contribution in [-0.2, 0) is 11.2 Å². The first kappa shape index (κ1) is 24.7. The molecule has 5 heteroatoms. The first-order valence-electron chi connectivity index (χ1n) is 12.5. The number of carbonyl (C=O) groups is 2. The molecule has 4 N–H and O–H groups in total. The molecule has 5 nitrogen and oxygen atoms in total. The van der Waals surface area contributed by atoms with Gasteiger partial charge in [-0.15, -0.1) is 0 Å². The minimum atomic E-state index is -1.03. The third-order valence-electron chi connectivity index (χ3n) is 7.14. The average Bonchev–Trinajstić information content (AvgIpc) is 2.90. The Morgan fingerprint density at radius 2 is 1.49 bits per heavy atom. The van der Waals surface area contributed by atoms with Gasteiger partial charge in [0.05, 0.1) is 0 Å².